The zero-order valence-electron chi connectivity index (χ0n) is 15.1. The molecule has 2 aliphatic rings. The van der Waals surface area contributed by atoms with Gasteiger partial charge in [0.1, 0.15) is 0 Å². The fraction of sp³-hybridized carbons (Fsp3) is 0.350. The third kappa shape index (κ3) is 3.31. The van der Waals surface area contributed by atoms with E-state index >= 15 is 0 Å². The molecule has 1 aromatic carbocycles. The highest BCUT2D eigenvalue weighted by molar-refractivity contribution is 6.01. The summed E-state index contributed by atoms with van der Waals surface area (Å²) in [4.78, 5) is 29.8. The SMILES string of the molecule is CN1C(=O)Cc2cc(C3(CCNC(=O)c4cccnc4)OCCO3)ccc21. The number of ether oxygens (including phenoxy) is 2. The molecule has 0 bridgehead atoms. The number of carbonyl (C=O) groups is 2. The summed E-state index contributed by atoms with van der Waals surface area (Å²) in [5, 5.41) is 2.89. The van der Waals surface area contributed by atoms with Crippen LogP contribution in [-0.4, -0.2) is 43.6 Å². The summed E-state index contributed by atoms with van der Waals surface area (Å²) in [5.74, 6) is -1.01. The second-order valence-corrected chi connectivity index (χ2v) is 6.67. The van der Waals surface area contributed by atoms with Gasteiger partial charge >= 0.3 is 0 Å². The Labute approximate surface area is 157 Å². The maximum absolute atomic E-state index is 12.2. The van der Waals surface area contributed by atoms with Gasteiger partial charge < -0.3 is 19.7 Å². The zero-order chi connectivity index (χ0) is 18.9. The molecule has 0 atom stereocenters. The minimum absolute atomic E-state index is 0.0770. The van der Waals surface area contributed by atoms with Gasteiger partial charge in [-0.2, -0.15) is 0 Å². The van der Waals surface area contributed by atoms with Crippen LogP contribution in [0.15, 0.2) is 42.7 Å². The van der Waals surface area contributed by atoms with Gasteiger partial charge in [0.2, 0.25) is 5.91 Å². The molecule has 0 spiro atoms. The van der Waals surface area contributed by atoms with Crippen LogP contribution in [-0.2, 0) is 26.5 Å². The first-order valence-electron chi connectivity index (χ1n) is 8.95. The van der Waals surface area contributed by atoms with Crippen molar-refractivity contribution in [3.63, 3.8) is 0 Å². The van der Waals surface area contributed by atoms with E-state index in [0.29, 0.717) is 38.2 Å². The summed E-state index contributed by atoms with van der Waals surface area (Å²) in [6, 6.07) is 9.28. The van der Waals surface area contributed by atoms with Crippen molar-refractivity contribution in [2.75, 3.05) is 31.7 Å². The highest BCUT2D eigenvalue weighted by Gasteiger charge is 2.39. The van der Waals surface area contributed by atoms with Gasteiger partial charge in [-0.05, 0) is 29.8 Å². The summed E-state index contributed by atoms with van der Waals surface area (Å²) in [6.07, 6.45) is 4.01. The number of amides is 2. The van der Waals surface area contributed by atoms with Crippen molar-refractivity contribution in [2.45, 2.75) is 18.6 Å². The van der Waals surface area contributed by atoms with E-state index < -0.39 is 5.79 Å². The van der Waals surface area contributed by atoms with Crippen LogP contribution in [0.3, 0.4) is 0 Å². The van der Waals surface area contributed by atoms with Crippen molar-refractivity contribution in [1.82, 2.24) is 10.3 Å². The maximum Gasteiger partial charge on any atom is 0.252 e. The van der Waals surface area contributed by atoms with Gasteiger partial charge in [-0.25, -0.2) is 0 Å². The Morgan fingerprint density at radius 2 is 2.11 bits per heavy atom. The lowest BCUT2D eigenvalue weighted by Gasteiger charge is -2.28. The largest absolute Gasteiger partial charge is 0.352 e. The van der Waals surface area contributed by atoms with E-state index in [9.17, 15) is 9.59 Å². The van der Waals surface area contributed by atoms with Gasteiger partial charge in [-0.15, -0.1) is 0 Å². The van der Waals surface area contributed by atoms with Gasteiger partial charge in [0.25, 0.3) is 5.91 Å². The van der Waals surface area contributed by atoms with Crippen LogP contribution in [0.2, 0.25) is 0 Å². The van der Waals surface area contributed by atoms with E-state index in [2.05, 4.69) is 10.3 Å². The Morgan fingerprint density at radius 1 is 1.30 bits per heavy atom. The first kappa shape index (κ1) is 17.6. The molecule has 1 fully saturated rings. The lowest BCUT2D eigenvalue weighted by atomic mass is 9.98. The van der Waals surface area contributed by atoms with Crippen molar-refractivity contribution in [2.24, 2.45) is 0 Å². The second-order valence-electron chi connectivity index (χ2n) is 6.67. The lowest BCUT2D eigenvalue weighted by molar-refractivity contribution is -0.169. The number of benzene rings is 1. The number of likely N-dealkylation sites (N-methyl/N-ethyl adjacent to an activating group) is 1. The normalized spacial score (nSPS) is 17.8. The molecule has 3 heterocycles. The third-order valence-corrected chi connectivity index (χ3v) is 5.01. The van der Waals surface area contributed by atoms with E-state index in [0.717, 1.165) is 16.8 Å². The van der Waals surface area contributed by atoms with E-state index in [1.807, 2.05) is 18.2 Å². The average molecular weight is 367 g/mol. The Morgan fingerprint density at radius 3 is 2.85 bits per heavy atom. The first-order chi connectivity index (χ1) is 13.1. The molecule has 1 N–H and O–H groups in total. The second kappa shape index (κ2) is 7.09. The Kier molecular flexibility index (Phi) is 4.63. The molecule has 1 saturated heterocycles. The monoisotopic (exact) mass is 367 g/mol. The molecular weight excluding hydrogens is 346 g/mol. The van der Waals surface area contributed by atoms with Crippen molar-refractivity contribution in [3.8, 4) is 0 Å². The van der Waals surface area contributed by atoms with Crippen LogP contribution in [0.5, 0.6) is 0 Å². The number of fused-ring (bicyclic) bond motifs is 1. The minimum atomic E-state index is -0.901. The predicted molar refractivity (Wildman–Crippen MR) is 98.3 cm³/mol. The van der Waals surface area contributed by atoms with Gasteiger partial charge in [0, 0.05) is 43.7 Å². The van der Waals surface area contributed by atoms with Gasteiger partial charge in [0.15, 0.2) is 5.79 Å². The number of rotatable bonds is 5. The molecule has 0 radical (unpaired) electrons. The van der Waals surface area contributed by atoms with Crippen LogP contribution in [0.25, 0.3) is 0 Å². The highest BCUT2D eigenvalue weighted by Crippen LogP contribution is 2.38. The van der Waals surface area contributed by atoms with Gasteiger partial charge in [-0.1, -0.05) is 6.07 Å². The number of nitrogens with one attached hydrogen (secondary N) is 1. The number of nitrogens with zero attached hydrogens (tertiary/aromatic N) is 2. The number of hydrogen-bond donors (Lipinski definition) is 1. The predicted octanol–water partition coefficient (Wildman–Crippen LogP) is 1.62. The number of pyridine rings is 1. The number of hydrogen-bond acceptors (Lipinski definition) is 5. The molecule has 2 amide bonds. The molecule has 0 aliphatic carbocycles. The Hall–Kier alpha value is -2.77. The summed E-state index contributed by atoms with van der Waals surface area (Å²) < 4.78 is 11.9. The number of carbonyl (C=O) groups excluding carboxylic acids is 2. The molecule has 7 nitrogen and oxygen atoms in total. The van der Waals surface area contributed by atoms with Crippen molar-refractivity contribution < 1.29 is 19.1 Å². The van der Waals surface area contributed by atoms with E-state index in [-0.39, 0.29) is 11.8 Å². The molecule has 2 aromatic rings. The molecule has 27 heavy (non-hydrogen) atoms. The fourth-order valence-corrected chi connectivity index (χ4v) is 3.56. The molecule has 7 heteroatoms. The summed E-state index contributed by atoms with van der Waals surface area (Å²) >= 11 is 0. The molecule has 1 aromatic heterocycles. The van der Waals surface area contributed by atoms with Crippen LogP contribution in [0.4, 0.5) is 5.69 Å². The average Bonchev–Trinajstić information content (AvgIpc) is 3.28. The van der Waals surface area contributed by atoms with Gasteiger partial charge in [0.05, 0.1) is 25.2 Å². The maximum atomic E-state index is 12.2. The molecule has 0 unspecified atom stereocenters. The summed E-state index contributed by atoms with van der Waals surface area (Å²) in [7, 11) is 1.78. The standard InChI is InChI=1S/C20H21N3O4/c1-23-17-5-4-16(11-15(17)12-18(23)24)20(26-9-10-27-20)6-8-22-19(25)14-3-2-7-21-13-14/h2-5,7,11,13H,6,8-10,12H2,1H3,(H,22,25). The molecule has 4 rings (SSSR count). The summed E-state index contributed by atoms with van der Waals surface area (Å²) in [5.41, 5.74) is 3.27. The van der Waals surface area contributed by atoms with Crippen LogP contribution in [0, 0.1) is 0 Å². The first-order valence-corrected chi connectivity index (χ1v) is 8.95. The lowest BCUT2D eigenvalue weighted by Crippen LogP contribution is -2.34. The van der Waals surface area contributed by atoms with E-state index in [1.165, 1.54) is 6.20 Å². The molecule has 140 valence electrons. The topological polar surface area (TPSA) is 80.8 Å². The van der Waals surface area contributed by atoms with E-state index in [4.69, 9.17) is 9.47 Å². The van der Waals surface area contributed by atoms with Crippen molar-refractivity contribution in [1.29, 1.82) is 0 Å². The Balaban J connectivity index is 1.48. The van der Waals surface area contributed by atoms with Crippen molar-refractivity contribution in [3.05, 3.63) is 59.4 Å². The number of aromatic nitrogens is 1. The molecular formula is C20H21N3O4. The van der Waals surface area contributed by atoms with Crippen LogP contribution >= 0.6 is 0 Å². The molecule has 2 aliphatic heterocycles. The highest BCUT2D eigenvalue weighted by atomic mass is 16.7. The Bertz CT molecular complexity index is 863. The zero-order valence-corrected chi connectivity index (χ0v) is 15.1. The van der Waals surface area contributed by atoms with E-state index in [1.54, 1.807) is 30.3 Å². The van der Waals surface area contributed by atoms with Crippen LogP contribution < -0.4 is 10.2 Å². The smallest absolute Gasteiger partial charge is 0.252 e. The van der Waals surface area contributed by atoms with Crippen molar-refractivity contribution >= 4 is 17.5 Å². The van der Waals surface area contributed by atoms with Gasteiger partial charge in [-0.3, -0.25) is 14.6 Å². The van der Waals surface area contributed by atoms with Crippen LogP contribution in [0.1, 0.15) is 27.9 Å². The minimum Gasteiger partial charge on any atom is -0.352 e. The third-order valence-electron chi connectivity index (χ3n) is 5.01. The quantitative estimate of drug-likeness (QED) is 0.869. The molecule has 0 saturated carbocycles. The summed E-state index contributed by atoms with van der Waals surface area (Å²) in [6.45, 7) is 1.38. The fourth-order valence-electron chi connectivity index (χ4n) is 3.56. The number of anilines is 1.